The zero-order chi connectivity index (χ0) is 12.2. The molecule has 1 amide bonds. The van der Waals surface area contributed by atoms with Crippen LogP contribution in [0.4, 0.5) is 0 Å². The lowest BCUT2D eigenvalue weighted by Gasteiger charge is -2.32. The van der Waals surface area contributed by atoms with Crippen LogP contribution in [-0.2, 0) is 9.53 Å². The quantitative estimate of drug-likeness (QED) is 0.664. The van der Waals surface area contributed by atoms with Crippen molar-refractivity contribution in [2.45, 2.75) is 20.0 Å². The first-order valence-electron chi connectivity index (χ1n) is 6.59. The molecule has 4 nitrogen and oxygen atoms in total. The summed E-state index contributed by atoms with van der Waals surface area (Å²) in [6.07, 6.45) is -0.227. The van der Waals surface area contributed by atoms with E-state index in [9.17, 15) is 4.79 Å². The number of likely N-dealkylation sites (tertiary alicyclic amines) is 1. The lowest BCUT2D eigenvalue weighted by Crippen LogP contribution is -2.50. The van der Waals surface area contributed by atoms with E-state index in [2.05, 4.69) is 18.7 Å². The Morgan fingerprint density at radius 1 is 1.24 bits per heavy atom. The van der Waals surface area contributed by atoms with Crippen molar-refractivity contribution >= 4 is 5.91 Å². The van der Waals surface area contributed by atoms with E-state index < -0.39 is 0 Å². The van der Waals surface area contributed by atoms with Crippen molar-refractivity contribution < 1.29 is 9.53 Å². The molecule has 4 heteroatoms. The van der Waals surface area contributed by atoms with Gasteiger partial charge in [0.15, 0.2) is 0 Å². The Kier molecular flexibility index (Phi) is 2.49. The molecule has 3 unspecified atom stereocenters. The number of morpholine rings is 1. The number of ether oxygens (including phenoxy) is 1. The molecule has 2 heterocycles. The number of carbonyl (C=O) groups excluding carboxylic acids is 1. The third-order valence-corrected chi connectivity index (χ3v) is 4.98. The number of piperidine rings is 1. The molecule has 0 radical (unpaired) electrons. The molecular weight excluding hydrogens is 216 g/mol. The Bertz CT molecular complexity index is 328. The van der Waals surface area contributed by atoms with Crippen LogP contribution < -0.4 is 0 Å². The molecule has 0 aromatic carbocycles. The number of hydrogen-bond donors (Lipinski definition) is 0. The molecule has 96 valence electrons. The van der Waals surface area contributed by atoms with Gasteiger partial charge in [-0.05, 0) is 24.3 Å². The van der Waals surface area contributed by atoms with E-state index in [1.165, 1.54) is 0 Å². The van der Waals surface area contributed by atoms with Crippen LogP contribution in [-0.4, -0.2) is 61.6 Å². The number of carbonyl (C=O) groups is 1. The summed E-state index contributed by atoms with van der Waals surface area (Å²) in [5, 5.41) is 0. The summed E-state index contributed by atoms with van der Waals surface area (Å²) in [5.41, 5.74) is 0.473. The molecule has 2 saturated heterocycles. The summed E-state index contributed by atoms with van der Waals surface area (Å²) in [5.74, 6) is 1.67. The molecule has 0 N–H and O–H groups in total. The van der Waals surface area contributed by atoms with Crippen molar-refractivity contribution in [1.82, 2.24) is 9.80 Å². The van der Waals surface area contributed by atoms with Crippen LogP contribution in [0.25, 0.3) is 0 Å². The SMILES string of the molecule is CN1CCOC(C(=O)N2CC3C(C2)C3(C)C)C1. The molecule has 3 rings (SSSR count). The Balaban J connectivity index is 1.58. The first-order valence-corrected chi connectivity index (χ1v) is 6.59. The molecular formula is C13H22N2O2. The van der Waals surface area contributed by atoms with Gasteiger partial charge >= 0.3 is 0 Å². The van der Waals surface area contributed by atoms with Crippen LogP contribution in [0.3, 0.4) is 0 Å². The van der Waals surface area contributed by atoms with Gasteiger partial charge < -0.3 is 14.5 Å². The van der Waals surface area contributed by atoms with Crippen molar-refractivity contribution in [3.05, 3.63) is 0 Å². The maximum absolute atomic E-state index is 12.3. The van der Waals surface area contributed by atoms with Crippen LogP contribution >= 0.6 is 0 Å². The Morgan fingerprint density at radius 2 is 1.88 bits per heavy atom. The molecule has 0 bridgehead atoms. The van der Waals surface area contributed by atoms with Gasteiger partial charge in [-0.1, -0.05) is 13.8 Å². The average molecular weight is 238 g/mol. The highest BCUT2D eigenvalue weighted by Gasteiger charge is 2.62. The van der Waals surface area contributed by atoms with E-state index in [0.29, 0.717) is 12.0 Å². The minimum atomic E-state index is -0.227. The zero-order valence-electron chi connectivity index (χ0n) is 11.0. The number of rotatable bonds is 1. The summed E-state index contributed by atoms with van der Waals surface area (Å²) >= 11 is 0. The van der Waals surface area contributed by atoms with Gasteiger partial charge in [0, 0.05) is 26.2 Å². The highest BCUT2D eigenvalue weighted by atomic mass is 16.5. The number of nitrogens with zero attached hydrogens (tertiary/aromatic N) is 2. The topological polar surface area (TPSA) is 32.8 Å². The van der Waals surface area contributed by atoms with Crippen molar-refractivity contribution in [2.24, 2.45) is 17.3 Å². The predicted octanol–water partition coefficient (Wildman–Crippen LogP) is 0.431. The molecule has 2 aliphatic heterocycles. The van der Waals surface area contributed by atoms with Gasteiger partial charge in [0.1, 0.15) is 6.10 Å². The number of fused-ring (bicyclic) bond motifs is 1. The summed E-state index contributed by atoms with van der Waals surface area (Å²) in [4.78, 5) is 16.5. The highest BCUT2D eigenvalue weighted by Crippen LogP contribution is 2.61. The van der Waals surface area contributed by atoms with Crippen molar-refractivity contribution in [2.75, 3.05) is 39.8 Å². The molecule has 17 heavy (non-hydrogen) atoms. The maximum atomic E-state index is 12.3. The molecule has 1 saturated carbocycles. The van der Waals surface area contributed by atoms with Gasteiger partial charge in [-0.2, -0.15) is 0 Å². The minimum absolute atomic E-state index is 0.208. The summed E-state index contributed by atoms with van der Waals surface area (Å²) in [7, 11) is 2.05. The van der Waals surface area contributed by atoms with Gasteiger partial charge in [0.2, 0.25) is 0 Å². The van der Waals surface area contributed by atoms with Gasteiger partial charge in [0.05, 0.1) is 6.61 Å². The van der Waals surface area contributed by atoms with E-state index in [0.717, 1.165) is 38.0 Å². The highest BCUT2D eigenvalue weighted by molar-refractivity contribution is 5.82. The molecule has 0 spiro atoms. The fraction of sp³-hybridized carbons (Fsp3) is 0.923. The standard InChI is InChI=1S/C13H22N2O2/c1-13(2)9-6-15(7-10(9)13)12(16)11-8-14(3)4-5-17-11/h9-11H,4-8H2,1-3H3. The predicted molar refractivity (Wildman–Crippen MR) is 64.6 cm³/mol. The zero-order valence-corrected chi connectivity index (χ0v) is 11.0. The summed E-state index contributed by atoms with van der Waals surface area (Å²) in [6, 6.07) is 0. The molecule has 0 aromatic rings. The molecule has 0 aromatic heterocycles. The minimum Gasteiger partial charge on any atom is -0.366 e. The van der Waals surface area contributed by atoms with Gasteiger partial charge in [-0.25, -0.2) is 0 Å². The second-order valence-electron chi connectivity index (χ2n) is 6.40. The van der Waals surface area contributed by atoms with Crippen LogP contribution in [0.5, 0.6) is 0 Å². The van der Waals surface area contributed by atoms with Gasteiger partial charge in [-0.15, -0.1) is 0 Å². The van der Waals surface area contributed by atoms with Crippen molar-refractivity contribution in [3.63, 3.8) is 0 Å². The second-order valence-corrected chi connectivity index (χ2v) is 6.40. The van der Waals surface area contributed by atoms with E-state index in [4.69, 9.17) is 4.74 Å². The van der Waals surface area contributed by atoms with Gasteiger partial charge in [0.25, 0.3) is 5.91 Å². The Hall–Kier alpha value is -0.610. The van der Waals surface area contributed by atoms with Crippen molar-refractivity contribution in [3.8, 4) is 0 Å². The lowest BCUT2D eigenvalue weighted by molar-refractivity contribution is -0.148. The monoisotopic (exact) mass is 238 g/mol. The number of amides is 1. The number of hydrogen-bond acceptors (Lipinski definition) is 3. The molecule has 3 atom stereocenters. The summed E-state index contributed by atoms with van der Waals surface area (Å²) in [6.45, 7) is 8.87. The van der Waals surface area contributed by atoms with Crippen LogP contribution in [0, 0.1) is 17.3 Å². The Morgan fingerprint density at radius 3 is 2.47 bits per heavy atom. The van der Waals surface area contributed by atoms with Crippen LogP contribution in [0.15, 0.2) is 0 Å². The smallest absolute Gasteiger partial charge is 0.253 e. The first-order chi connectivity index (χ1) is 8.00. The number of likely N-dealkylation sites (N-methyl/N-ethyl adjacent to an activating group) is 1. The summed E-state index contributed by atoms with van der Waals surface area (Å²) < 4.78 is 5.59. The van der Waals surface area contributed by atoms with E-state index in [1.54, 1.807) is 0 Å². The Labute approximate surface area is 103 Å². The largest absolute Gasteiger partial charge is 0.366 e. The molecule has 3 fully saturated rings. The van der Waals surface area contributed by atoms with E-state index >= 15 is 0 Å². The fourth-order valence-corrected chi connectivity index (χ4v) is 3.44. The van der Waals surface area contributed by atoms with Crippen LogP contribution in [0.1, 0.15) is 13.8 Å². The van der Waals surface area contributed by atoms with E-state index in [1.807, 2.05) is 11.9 Å². The molecule has 1 aliphatic carbocycles. The van der Waals surface area contributed by atoms with Crippen LogP contribution in [0.2, 0.25) is 0 Å². The second kappa shape index (κ2) is 3.69. The first kappa shape index (κ1) is 11.5. The average Bonchev–Trinajstić information content (AvgIpc) is 2.70. The maximum Gasteiger partial charge on any atom is 0.253 e. The molecule has 3 aliphatic rings. The lowest BCUT2D eigenvalue weighted by atomic mass is 10.1. The van der Waals surface area contributed by atoms with E-state index in [-0.39, 0.29) is 12.0 Å². The normalized spacial score (nSPS) is 40.2. The third kappa shape index (κ3) is 1.78. The van der Waals surface area contributed by atoms with Gasteiger partial charge in [-0.3, -0.25) is 4.79 Å². The van der Waals surface area contributed by atoms with Crippen molar-refractivity contribution in [1.29, 1.82) is 0 Å². The third-order valence-electron chi connectivity index (χ3n) is 4.98. The fourth-order valence-electron chi connectivity index (χ4n) is 3.44.